The molecule has 1 saturated heterocycles. The third-order valence-electron chi connectivity index (χ3n) is 3.95. The monoisotopic (exact) mass is 387 g/mol. The Morgan fingerprint density at radius 3 is 2.77 bits per heavy atom. The van der Waals surface area contributed by atoms with Gasteiger partial charge in [0.25, 0.3) is 5.91 Å². The Hall–Kier alpha value is -2.38. The van der Waals surface area contributed by atoms with Crippen LogP contribution in [0.3, 0.4) is 0 Å². The number of rotatable bonds is 6. The van der Waals surface area contributed by atoms with Gasteiger partial charge in [0.2, 0.25) is 0 Å². The SMILES string of the molecule is Cc1oc(-c2ccccc2)cc1/C=C1\SC(=S)N(CCCC(=O)O)C1=O. The summed E-state index contributed by atoms with van der Waals surface area (Å²) in [6, 6.07) is 11.6. The maximum absolute atomic E-state index is 12.6. The molecule has 2 heterocycles. The molecule has 0 bridgehead atoms. The van der Waals surface area contributed by atoms with Crippen LogP contribution in [-0.2, 0) is 9.59 Å². The van der Waals surface area contributed by atoms with Gasteiger partial charge in [-0.25, -0.2) is 0 Å². The summed E-state index contributed by atoms with van der Waals surface area (Å²) in [6.07, 6.45) is 2.16. The number of carbonyl (C=O) groups excluding carboxylic acids is 1. The van der Waals surface area contributed by atoms with Crippen LogP contribution in [0.5, 0.6) is 0 Å². The lowest BCUT2D eigenvalue weighted by atomic mass is 10.1. The van der Waals surface area contributed by atoms with Gasteiger partial charge in [-0.2, -0.15) is 0 Å². The van der Waals surface area contributed by atoms with E-state index in [9.17, 15) is 9.59 Å². The maximum Gasteiger partial charge on any atom is 0.303 e. The molecule has 0 radical (unpaired) electrons. The number of hydrogen-bond acceptors (Lipinski definition) is 5. The molecule has 1 aliphatic rings. The Morgan fingerprint density at radius 1 is 1.35 bits per heavy atom. The second-order valence-electron chi connectivity index (χ2n) is 5.82. The van der Waals surface area contributed by atoms with Crippen molar-refractivity contribution in [3.8, 4) is 11.3 Å². The zero-order valence-electron chi connectivity index (χ0n) is 14.1. The van der Waals surface area contributed by atoms with Crippen LogP contribution < -0.4 is 0 Å². The van der Waals surface area contributed by atoms with E-state index >= 15 is 0 Å². The van der Waals surface area contributed by atoms with Gasteiger partial charge in [-0.05, 0) is 25.5 Å². The predicted molar refractivity (Wildman–Crippen MR) is 106 cm³/mol. The minimum absolute atomic E-state index is 0.0113. The van der Waals surface area contributed by atoms with Gasteiger partial charge in [-0.3, -0.25) is 14.5 Å². The number of benzene rings is 1. The number of carbonyl (C=O) groups is 2. The fraction of sp³-hybridized carbons (Fsp3) is 0.211. The third-order valence-corrected chi connectivity index (χ3v) is 5.32. The van der Waals surface area contributed by atoms with Crippen molar-refractivity contribution in [1.82, 2.24) is 4.90 Å². The highest BCUT2D eigenvalue weighted by atomic mass is 32.2. The van der Waals surface area contributed by atoms with E-state index in [-0.39, 0.29) is 12.3 Å². The van der Waals surface area contributed by atoms with Gasteiger partial charge in [0.05, 0.1) is 4.91 Å². The summed E-state index contributed by atoms with van der Waals surface area (Å²) in [6.45, 7) is 2.17. The van der Waals surface area contributed by atoms with Gasteiger partial charge >= 0.3 is 5.97 Å². The summed E-state index contributed by atoms with van der Waals surface area (Å²) in [7, 11) is 0. The number of carboxylic acids is 1. The van der Waals surface area contributed by atoms with Crippen molar-refractivity contribution in [1.29, 1.82) is 0 Å². The zero-order chi connectivity index (χ0) is 18.7. The van der Waals surface area contributed by atoms with E-state index in [2.05, 4.69) is 0 Å². The normalized spacial score (nSPS) is 15.9. The van der Waals surface area contributed by atoms with Crippen molar-refractivity contribution >= 4 is 46.3 Å². The summed E-state index contributed by atoms with van der Waals surface area (Å²) in [5.41, 5.74) is 1.80. The molecule has 0 spiro atoms. The number of nitrogens with zero attached hydrogens (tertiary/aromatic N) is 1. The Balaban J connectivity index is 1.78. The summed E-state index contributed by atoms with van der Waals surface area (Å²) in [5, 5.41) is 8.73. The summed E-state index contributed by atoms with van der Waals surface area (Å²) >= 11 is 6.49. The summed E-state index contributed by atoms with van der Waals surface area (Å²) in [5.74, 6) is 0.395. The first-order valence-electron chi connectivity index (χ1n) is 8.08. The molecule has 5 nitrogen and oxygen atoms in total. The Bertz CT molecular complexity index is 886. The van der Waals surface area contributed by atoms with Gasteiger partial charge < -0.3 is 9.52 Å². The zero-order valence-corrected chi connectivity index (χ0v) is 15.7. The number of thioether (sulfide) groups is 1. The van der Waals surface area contributed by atoms with E-state index in [0.717, 1.165) is 22.6 Å². The largest absolute Gasteiger partial charge is 0.481 e. The molecular weight excluding hydrogens is 370 g/mol. The molecule has 134 valence electrons. The van der Waals surface area contributed by atoms with Crippen molar-refractivity contribution in [3.63, 3.8) is 0 Å². The Morgan fingerprint density at radius 2 is 2.08 bits per heavy atom. The number of aryl methyl sites for hydroxylation is 1. The molecule has 0 aliphatic carbocycles. The van der Waals surface area contributed by atoms with Gasteiger partial charge in [0.1, 0.15) is 15.8 Å². The number of carboxylic acid groups (broad SMARTS) is 1. The van der Waals surface area contributed by atoms with Crippen LogP contribution >= 0.6 is 24.0 Å². The molecule has 3 rings (SSSR count). The summed E-state index contributed by atoms with van der Waals surface area (Å²) < 4.78 is 6.27. The minimum atomic E-state index is -0.881. The van der Waals surface area contributed by atoms with Crippen molar-refractivity contribution in [2.75, 3.05) is 6.54 Å². The van der Waals surface area contributed by atoms with Crippen LogP contribution in [0.2, 0.25) is 0 Å². The molecule has 7 heteroatoms. The Labute approximate surface area is 160 Å². The van der Waals surface area contributed by atoms with E-state index in [0.29, 0.717) is 22.2 Å². The molecule has 1 aliphatic heterocycles. The highest BCUT2D eigenvalue weighted by molar-refractivity contribution is 8.26. The van der Waals surface area contributed by atoms with E-state index in [1.807, 2.05) is 43.3 Å². The topological polar surface area (TPSA) is 70.8 Å². The Kier molecular flexibility index (Phi) is 5.58. The second-order valence-corrected chi connectivity index (χ2v) is 7.49. The lowest BCUT2D eigenvalue weighted by molar-refractivity contribution is -0.137. The molecule has 0 atom stereocenters. The number of furan rings is 1. The first kappa shape index (κ1) is 18.4. The van der Waals surface area contributed by atoms with E-state index in [1.165, 1.54) is 16.7 Å². The van der Waals surface area contributed by atoms with E-state index in [1.54, 1.807) is 6.08 Å². The standard InChI is InChI=1S/C19H17NO4S2/c1-12-14(10-15(24-12)13-6-3-2-4-7-13)11-16-18(23)20(19(25)26-16)9-5-8-17(21)22/h2-4,6-7,10-11H,5,8-9H2,1H3,(H,21,22)/b16-11-. The molecule has 1 aromatic carbocycles. The van der Waals surface area contributed by atoms with Crippen molar-refractivity contribution in [2.24, 2.45) is 0 Å². The highest BCUT2D eigenvalue weighted by Gasteiger charge is 2.32. The minimum Gasteiger partial charge on any atom is -0.481 e. The molecule has 1 amide bonds. The molecule has 1 N–H and O–H groups in total. The summed E-state index contributed by atoms with van der Waals surface area (Å²) in [4.78, 5) is 25.2. The number of amides is 1. The highest BCUT2D eigenvalue weighted by Crippen LogP contribution is 2.34. The second kappa shape index (κ2) is 7.88. The maximum atomic E-state index is 12.6. The smallest absolute Gasteiger partial charge is 0.303 e. The lowest BCUT2D eigenvalue weighted by Crippen LogP contribution is -2.29. The molecular formula is C19H17NO4S2. The number of thiocarbonyl (C=S) groups is 1. The van der Waals surface area contributed by atoms with Crippen LogP contribution in [0.1, 0.15) is 24.2 Å². The molecule has 0 unspecified atom stereocenters. The van der Waals surface area contributed by atoms with Crippen LogP contribution in [-0.4, -0.2) is 32.7 Å². The van der Waals surface area contributed by atoms with Gasteiger partial charge in [-0.15, -0.1) is 0 Å². The van der Waals surface area contributed by atoms with Crippen molar-refractivity contribution < 1.29 is 19.1 Å². The first-order chi connectivity index (χ1) is 12.5. The molecule has 0 saturated carbocycles. The quantitative estimate of drug-likeness (QED) is 0.588. The third kappa shape index (κ3) is 4.05. The molecule has 1 fully saturated rings. The van der Waals surface area contributed by atoms with Crippen LogP contribution in [0.15, 0.2) is 45.7 Å². The van der Waals surface area contributed by atoms with Crippen LogP contribution in [0.4, 0.5) is 0 Å². The molecule has 2 aromatic rings. The van der Waals surface area contributed by atoms with Crippen LogP contribution in [0, 0.1) is 6.92 Å². The fourth-order valence-corrected chi connectivity index (χ4v) is 3.91. The average molecular weight is 387 g/mol. The fourth-order valence-electron chi connectivity index (χ4n) is 2.61. The lowest BCUT2D eigenvalue weighted by Gasteiger charge is -2.13. The van der Waals surface area contributed by atoms with Crippen molar-refractivity contribution in [3.05, 3.63) is 52.6 Å². The molecule has 26 heavy (non-hydrogen) atoms. The van der Waals surface area contributed by atoms with Crippen molar-refractivity contribution in [2.45, 2.75) is 19.8 Å². The first-order valence-corrected chi connectivity index (χ1v) is 9.31. The van der Waals surface area contributed by atoms with Crippen LogP contribution in [0.25, 0.3) is 17.4 Å². The molecule has 1 aromatic heterocycles. The predicted octanol–water partition coefficient (Wildman–Crippen LogP) is 4.32. The average Bonchev–Trinajstić information content (AvgIpc) is 3.10. The van der Waals surface area contributed by atoms with Gasteiger partial charge in [0.15, 0.2) is 0 Å². The van der Waals surface area contributed by atoms with Gasteiger partial charge in [0, 0.05) is 24.1 Å². The van der Waals surface area contributed by atoms with E-state index in [4.69, 9.17) is 21.7 Å². The number of hydrogen-bond donors (Lipinski definition) is 1. The number of aliphatic carboxylic acids is 1. The van der Waals surface area contributed by atoms with E-state index < -0.39 is 5.97 Å². The van der Waals surface area contributed by atoms with Gasteiger partial charge in [-0.1, -0.05) is 54.3 Å².